The van der Waals surface area contributed by atoms with Crippen LogP contribution in [0.4, 0.5) is 0 Å². The smallest absolute Gasteiger partial charge is 0.244 e. The van der Waals surface area contributed by atoms with Gasteiger partial charge >= 0.3 is 0 Å². The number of sulfonamides is 1. The second-order valence-corrected chi connectivity index (χ2v) is 7.52. The number of hydrogen-bond donors (Lipinski definition) is 2. The zero-order chi connectivity index (χ0) is 13.8. The monoisotopic (exact) mass is 356 g/mol. The highest BCUT2D eigenvalue weighted by atomic mass is 79.9. The largest absolute Gasteiger partial charge is 0.452 e. The second kappa shape index (κ2) is 6.95. The first kappa shape index (κ1) is 16.0. The molecule has 104 valence electrons. The Kier molecular flexibility index (Phi) is 6.19. The molecule has 0 saturated carbocycles. The predicted octanol–water partition coefficient (Wildman–Crippen LogP) is 1.92. The average molecular weight is 357 g/mol. The maximum absolute atomic E-state index is 12.0. The Labute approximate surface area is 120 Å². The maximum atomic E-state index is 12.0. The third-order valence-corrected chi connectivity index (χ3v) is 5.80. The SMILES string of the molecule is CSC(C)CCNS(=O)(=O)c1cc(CN)oc1Br. The molecule has 3 N–H and O–H groups in total. The van der Waals surface area contributed by atoms with E-state index in [1.807, 2.05) is 6.26 Å². The molecule has 0 radical (unpaired) electrons. The van der Waals surface area contributed by atoms with Gasteiger partial charge in [-0.25, -0.2) is 13.1 Å². The number of nitrogens with one attached hydrogen (secondary N) is 1. The lowest BCUT2D eigenvalue weighted by molar-refractivity contribution is 0.483. The van der Waals surface area contributed by atoms with Crippen LogP contribution in [0.5, 0.6) is 0 Å². The minimum atomic E-state index is -3.54. The van der Waals surface area contributed by atoms with Crippen LogP contribution < -0.4 is 10.5 Å². The highest BCUT2D eigenvalue weighted by molar-refractivity contribution is 9.10. The third-order valence-electron chi connectivity index (χ3n) is 2.44. The van der Waals surface area contributed by atoms with E-state index >= 15 is 0 Å². The normalized spacial score (nSPS) is 13.8. The van der Waals surface area contributed by atoms with Gasteiger partial charge in [-0.3, -0.25) is 0 Å². The van der Waals surface area contributed by atoms with Crippen LogP contribution >= 0.6 is 27.7 Å². The maximum Gasteiger partial charge on any atom is 0.244 e. The number of halogens is 1. The second-order valence-electron chi connectivity index (χ2n) is 3.79. The van der Waals surface area contributed by atoms with E-state index in [0.717, 1.165) is 6.42 Å². The van der Waals surface area contributed by atoms with Gasteiger partial charge in [0.2, 0.25) is 10.0 Å². The number of hydrogen-bond acceptors (Lipinski definition) is 5. The molecule has 1 aromatic rings. The lowest BCUT2D eigenvalue weighted by Crippen LogP contribution is -2.26. The molecule has 1 atom stereocenters. The molecule has 1 aromatic heterocycles. The van der Waals surface area contributed by atoms with Crippen LogP contribution in [-0.2, 0) is 16.6 Å². The summed E-state index contributed by atoms with van der Waals surface area (Å²) in [5.41, 5.74) is 5.40. The molecule has 8 heteroatoms. The average Bonchev–Trinajstić information content (AvgIpc) is 2.71. The van der Waals surface area contributed by atoms with Gasteiger partial charge in [0.05, 0.1) is 6.54 Å². The summed E-state index contributed by atoms with van der Waals surface area (Å²) >= 11 is 4.79. The fraction of sp³-hybridized carbons (Fsp3) is 0.600. The van der Waals surface area contributed by atoms with E-state index in [2.05, 4.69) is 27.6 Å². The zero-order valence-electron chi connectivity index (χ0n) is 10.3. The number of nitrogens with two attached hydrogens (primary N) is 1. The summed E-state index contributed by atoms with van der Waals surface area (Å²) in [4.78, 5) is 0.0970. The summed E-state index contributed by atoms with van der Waals surface area (Å²) in [6.07, 6.45) is 2.78. The van der Waals surface area contributed by atoms with Gasteiger partial charge in [0.25, 0.3) is 0 Å². The molecule has 5 nitrogen and oxygen atoms in total. The Bertz CT molecular complexity index is 487. The predicted molar refractivity (Wildman–Crippen MR) is 77.1 cm³/mol. The Morgan fingerprint density at radius 1 is 1.61 bits per heavy atom. The van der Waals surface area contributed by atoms with E-state index in [-0.39, 0.29) is 16.1 Å². The molecule has 1 rings (SSSR count). The molecule has 0 bridgehead atoms. The lowest BCUT2D eigenvalue weighted by Gasteiger charge is -2.08. The van der Waals surface area contributed by atoms with E-state index in [1.54, 1.807) is 11.8 Å². The minimum absolute atomic E-state index is 0.0970. The van der Waals surface area contributed by atoms with E-state index in [4.69, 9.17) is 10.2 Å². The van der Waals surface area contributed by atoms with Crippen LogP contribution in [-0.4, -0.2) is 26.5 Å². The summed E-state index contributed by atoms with van der Waals surface area (Å²) in [6.45, 7) is 2.62. The summed E-state index contributed by atoms with van der Waals surface area (Å²) in [6, 6.07) is 1.43. The summed E-state index contributed by atoms with van der Waals surface area (Å²) in [7, 11) is -3.54. The standard InChI is InChI=1S/C10H17BrN2O3S2/c1-7(17-2)3-4-13-18(14,15)9-5-8(6-12)16-10(9)11/h5,7,13H,3-4,6,12H2,1-2H3. The lowest BCUT2D eigenvalue weighted by atomic mass is 10.3. The topological polar surface area (TPSA) is 85.3 Å². The van der Waals surface area contributed by atoms with E-state index < -0.39 is 10.0 Å². The van der Waals surface area contributed by atoms with Crippen molar-refractivity contribution in [1.82, 2.24) is 4.72 Å². The van der Waals surface area contributed by atoms with Gasteiger partial charge in [-0.1, -0.05) is 6.92 Å². The van der Waals surface area contributed by atoms with Gasteiger partial charge in [0.1, 0.15) is 10.7 Å². The highest BCUT2D eigenvalue weighted by Crippen LogP contribution is 2.25. The van der Waals surface area contributed by atoms with Crippen LogP contribution in [0.15, 0.2) is 20.0 Å². The van der Waals surface area contributed by atoms with Crippen molar-refractivity contribution in [1.29, 1.82) is 0 Å². The molecule has 0 fully saturated rings. The Morgan fingerprint density at radius 2 is 2.28 bits per heavy atom. The third kappa shape index (κ3) is 4.27. The van der Waals surface area contributed by atoms with Crippen molar-refractivity contribution in [3.63, 3.8) is 0 Å². The van der Waals surface area contributed by atoms with Crippen molar-refractivity contribution in [2.24, 2.45) is 5.73 Å². The fourth-order valence-electron chi connectivity index (χ4n) is 1.27. The molecule has 0 aromatic carbocycles. The first-order valence-corrected chi connectivity index (χ1v) is 8.98. The van der Waals surface area contributed by atoms with E-state index in [1.165, 1.54) is 6.07 Å². The van der Waals surface area contributed by atoms with E-state index in [0.29, 0.717) is 17.6 Å². The van der Waals surface area contributed by atoms with Gasteiger partial charge < -0.3 is 10.2 Å². The molecule has 1 unspecified atom stereocenters. The fourth-order valence-corrected chi connectivity index (χ4v) is 3.67. The van der Waals surface area contributed by atoms with Gasteiger partial charge in [-0.2, -0.15) is 11.8 Å². The number of furan rings is 1. The van der Waals surface area contributed by atoms with Gasteiger partial charge in [-0.05, 0) is 28.6 Å². The minimum Gasteiger partial charge on any atom is -0.452 e. The summed E-state index contributed by atoms with van der Waals surface area (Å²) < 4.78 is 31.9. The molecule has 18 heavy (non-hydrogen) atoms. The van der Waals surface area contributed by atoms with Gasteiger partial charge in [0, 0.05) is 17.9 Å². The summed E-state index contributed by atoms with van der Waals surface area (Å²) in [5.74, 6) is 0.430. The Hall–Kier alpha value is -0.0200. The molecular formula is C10H17BrN2O3S2. The first-order valence-electron chi connectivity index (χ1n) is 5.41. The van der Waals surface area contributed by atoms with Crippen LogP contribution in [0.1, 0.15) is 19.1 Å². The van der Waals surface area contributed by atoms with Crippen molar-refractivity contribution in [2.45, 2.75) is 30.0 Å². The van der Waals surface area contributed by atoms with Crippen LogP contribution in [0, 0.1) is 0 Å². The highest BCUT2D eigenvalue weighted by Gasteiger charge is 2.21. The first-order chi connectivity index (χ1) is 8.40. The van der Waals surface area contributed by atoms with Crippen molar-refractivity contribution in [3.8, 4) is 0 Å². The molecule has 0 spiro atoms. The molecule has 0 aliphatic carbocycles. The van der Waals surface area contributed by atoms with E-state index in [9.17, 15) is 8.42 Å². The number of thioether (sulfide) groups is 1. The van der Waals surface area contributed by atoms with Crippen LogP contribution in [0.2, 0.25) is 0 Å². The van der Waals surface area contributed by atoms with Crippen LogP contribution in [0.25, 0.3) is 0 Å². The quantitative estimate of drug-likeness (QED) is 0.779. The van der Waals surface area contributed by atoms with Crippen LogP contribution in [0.3, 0.4) is 0 Å². The molecule has 1 heterocycles. The Morgan fingerprint density at radius 3 is 2.78 bits per heavy atom. The van der Waals surface area contributed by atoms with Gasteiger partial charge in [-0.15, -0.1) is 0 Å². The zero-order valence-corrected chi connectivity index (χ0v) is 13.5. The van der Waals surface area contributed by atoms with Crippen molar-refractivity contribution in [3.05, 3.63) is 16.5 Å². The van der Waals surface area contributed by atoms with Crippen molar-refractivity contribution >= 4 is 37.7 Å². The van der Waals surface area contributed by atoms with Gasteiger partial charge in [0.15, 0.2) is 4.67 Å². The Balaban J connectivity index is 2.71. The molecule has 0 saturated heterocycles. The van der Waals surface area contributed by atoms with Crippen molar-refractivity contribution < 1.29 is 12.8 Å². The molecule has 0 amide bonds. The number of rotatable bonds is 7. The molecular weight excluding hydrogens is 340 g/mol. The van der Waals surface area contributed by atoms with Crippen molar-refractivity contribution in [2.75, 3.05) is 12.8 Å². The molecule has 0 aliphatic rings. The summed E-state index contributed by atoms with van der Waals surface area (Å²) in [5, 5.41) is 0.417. The molecule has 0 aliphatic heterocycles.